The van der Waals surface area contributed by atoms with E-state index in [1.54, 1.807) is 6.07 Å². The first-order chi connectivity index (χ1) is 9.90. The number of sulfonamides is 1. The molecule has 116 valence electrons. The standard InChI is InChI=1S/C14H20N2O4S/c1-20-12-7-6-11(9-13(12)21(15,18)19)16-14(17)8-10-4-2-3-5-10/h6-7,9-10H,2-5,8H2,1H3,(H,16,17)(H2,15,18,19). The van der Waals surface area contributed by atoms with Gasteiger partial charge < -0.3 is 10.1 Å². The molecule has 21 heavy (non-hydrogen) atoms. The lowest BCUT2D eigenvalue weighted by Gasteiger charge is -2.12. The Morgan fingerprint density at radius 1 is 1.38 bits per heavy atom. The van der Waals surface area contributed by atoms with Crippen LogP contribution < -0.4 is 15.2 Å². The van der Waals surface area contributed by atoms with E-state index >= 15 is 0 Å². The minimum atomic E-state index is -3.90. The van der Waals surface area contributed by atoms with E-state index in [0.717, 1.165) is 12.8 Å². The molecule has 3 N–H and O–H groups in total. The summed E-state index contributed by atoms with van der Waals surface area (Å²) >= 11 is 0. The average molecular weight is 312 g/mol. The highest BCUT2D eigenvalue weighted by molar-refractivity contribution is 7.89. The average Bonchev–Trinajstić information content (AvgIpc) is 2.90. The zero-order chi connectivity index (χ0) is 15.5. The number of ether oxygens (including phenoxy) is 1. The number of hydrogen-bond acceptors (Lipinski definition) is 4. The van der Waals surface area contributed by atoms with Crippen LogP contribution in [0.25, 0.3) is 0 Å². The molecule has 2 rings (SSSR count). The third-order valence-corrected chi connectivity index (χ3v) is 4.63. The molecular weight excluding hydrogens is 292 g/mol. The highest BCUT2D eigenvalue weighted by atomic mass is 32.2. The predicted octanol–water partition coefficient (Wildman–Crippen LogP) is 1.86. The van der Waals surface area contributed by atoms with Crippen LogP contribution >= 0.6 is 0 Å². The van der Waals surface area contributed by atoms with Gasteiger partial charge in [0.05, 0.1) is 7.11 Å². The van der Waals surface area contributed by atoms with Crippen LogP contribution in [-0.4, -0.2) is 21.4 Å². The fourth-order valence-corrected chi connectivity index (χ4v) is 3.39. The summed E-state index contributed by atoms with van der Waals surface area (Å²) in [5.74, 6) is 0.486. The van der Waals surface area contributed by atoms with Crippen LogP contribution in [0.15, 0.2) is 23.1 Å². The van der Waals surface area contributed by atoms with E-state index in [0.29, 0.717) is 18.0 Å². The van der Waals surface area contributed by atoms with Crippen molar-refractivity contribution in [3.05, 3.63) is 18.2 Å². The maximum Gasteiger partial charge on any atom is 0.241 e. The van der Waals surface area contributed by atoms with Gasteiger partial charge in [-0.05, 0) is 37.0 Å². The Balaban J connectivity index is 2.11. The number of carbonyl (C=O) groups excluding carboxylic acids is 1. The zero-order valence-corrected chi connectivity index (χ0v) is 12.8. The molecule has 0 spiro atoms. The number of hydrogen-bond donors (Lipinski definition) is 2. The van der Waals surface area contributed by atoms with Gasteiger partial charge in [0.1, 0.15) is 10.6 Å². The van der Waals surface area contributed by atoms with Crippen LogP contribution in [0.3, 0.4) is 0 Å². The number of primary sulfonamides is 1. The van der Waals surface area contributed by atoms with Crippen LogP contribution in [-0.2, 0) is 14.8 Å². The molecule has 0 bridgehead atoms. The van der Waals surface area contributed by atoms with Crippen molar-refractivity contribution in [2.45, 2.75) is 37.0 Å². The van der Waals surface area contributed by atoms with E-state index in [-0.39, 0.29) is 16.6 Å². The smallest absolute Gasteiger partial charge is 0.241 e. The second-order valence-corrected chi connectivity index (χ2v) is 6.84. The Labute approximate surface area is 124 Å². The van der Waals surface area contributed by atoms with Crippen molar-refractivity contribution < 1.29 is 17.9 Å². The van der Waals surface area contributed by atoms with Crippen molar-refractivity contribution >= 4 is 21.6 Å². The molecule has 1 saturated carbocycles. The molecule has 6 nitrogen and oxygen atoms in total. The molecule has 0 heterocycles. The molecule has 0 aromatic heterocycles. The topological polar surface area (TPSA) is 98.5 Å². The van der Waals surface area contributed by atoms with Crippen molar-refractivity contribution in [1.82, 2.24) is 0 Å². The number of rotatable bonds is 5. The quantitative estimate of drug-likeness (QED) is 0.867. The molecule has 0 aliphatic heterocycles. The van der Waals surface area contributed by atoms with E-state index < -0.39 is 10.0 Å². The summed E-state index contributed by atoms with van der Waals surface area (Å²) in [5, 5.41) is 7.86. The molecule has 1 aliphatic carbocycles. The molecule has 1 aromatic carbocycles. The molecule has 1 amide bonds. The van der Waals surface area contributed by atoms with Gasteiger partial charge >= 0.3 is 0 Å². The molecule has 0 atom stereocenters. The normalized spacial score (nSPS) is 15.9. The van der Waals surface area contributed by atoms with E-state index in [2.05, 4.69) is 5.32 Å². The Hall–Kier alpha value is -1.60. The summed E-state index contributed by atoms with van der Waals surface area (Å²) in [4.78, 5) is 11.8. The van der Waals surface area contributed by atoms with Gasteiger partial charge in [-0.2, -0.15) is 0 Å². The molecular formula is C14H20N2O4S. The minimum absolute atomic E-state index is 0.104. The van der Waals surface area contributed by atoms with E-state index in [1.165, 1.54) is 32.1 Å². The van der Waals surface area contributed by atoms with Gasteiger partial charge in [0.2, 0.25) is 15.9 Å². The maximum absolute atomic E-state index is 12.0. The number of anilines is 1. The van der Waals surface area contributed by atoms with Crippen molar-refractivity contribution in [2.24, 2.45) is 11.1 Å². The van der Waals surface area contributed by atoms with Gasteiger partial charge in [-0.1, -0.05) is 12.8 Å². The molecule has 1 aliphatic rings. The predicted molar refractivity (Wildman–Crippen MR) is 79.6 cm³/mol. The molecule has 1 aromatic rings. The second kappa shape index (κ2) is 6.44. The van der Waals surface area contributed by atoms with Gasteiger partial charge in [0, 0.05) is 12.1 Å². The molecule has 0 saturated heterocycles. The van der Waals surface area contributed by atoms with Gasteiger partial charge in [-0.3, -0.25) is 4.79 Å². The molecule has 0 radical (unpaired) electrons. The first-order valence-corrected chi connectivity index (χ1v) is 8.45. The first-order valence-electron chi connectivity index (χ1n) is 6.91. The van der Waals surface area contributed by atoms with Crippen LogP contribution in [0, 0.1) is 5.92 Å². The summed E-state index contributed by atoms with van der Waals surface area (Å²) < 4.78 is 28.0. The zero-order valence-electron chi connectivity index (χ0n) is 12.0. The van der Waals surface area contributed by atoms with Crippen molar-refractivity contribution in [1.29, 1.82) is 0 Å². The van der Waals surface area contributed by atoms with Crippen molar-refractivity contribution in [3.63, 3.8) is 0 Å². The van der Waals surface area contributed by atoms with Crippen molar-refractivity contribution in [3.8, 4) is 5.75 Å². The highest BCUT2D eigenvalue weighted by Gasteiger charge is 2.20. The number of methoxy groups -OCH3 is 1. The van der Waals surface area contributed by atoms with Crippen LogP contribution in [0.4, 0.5) is 5.69 Å². The lowest BCUT2D eigenvalue weighted by molar-refractivity contribution is -0.117. The van der Waals surface area contributed by atoms with Crippen LogP contribution in [0.1, 0.15) is 32.1 Å². The molecule has 1 fully saturated rings. The summed E-state index contributed by atoms with van der Waals surface area (Å²) in [6.07, 6.45) is 4.99. The van der Waals surface area contributed by atoms with Crippen molar-refractivity contribution in [2.75, 3.05) is 12.4 Å². The fourth-order valence-electron chi connectivity index (χ4n) is 2.67. The number of carbonyl (C=O) groups is 1. The van der Waals surface area contributed by atoms with Crippen LogP contribution in [0.5, 0.6) is 5.75 Å². The van der Waals surface area contributed by atoms with Gasteiger partial charge in [-0.15, -0.1) is 0 Å². The summed E-state index contributed by atoms with van der Waals surface area (Å²) in [7, 11) is -2.54. The Morgan fingerprint density at radius 3 is 2.62 bits per heavy atom. The highest BCUT2D eigenvalue weighted by Crippen LogP contribution is 2.29. The third kappa shape index (κ3) is 4.18. The lowest BCUT2D eigenvalue weighted by atomic mass is 10.0. The van der Waals surface area contributed by atoms with E-state index in [4.69, 9.17) is 9.88 Å². The minimum Gasteiger partial charge on any atom is -0.495 e. The summed E-state index contributed by atoms with van der Waals surface area (Å²) in [6.45, 7) is 0. The van der Waals surface area contributed by atoms with E-state index in [1.807, 2.05) is 0 Å². The number of amides is 1. The van der Waals surface area contributed by atoms with E-state index in [9.17, 15) is 13.2 Å². The van der Waals surface area contributed by atoms with Gasteiger partial charge in [-0.25, -0.2) is 13.6 Å². The van der Waals surface area contributed by atoms with Gasteiger partial charge in [0.15, 0.2) is 0 Å². The maximum atomic E-state index is 12.0. The fraction of sp³-hybridized carbons (Fsp3) is 0.500. The second-order valence-electron chi connectivity index (χ2n) is 5.31. The summed E-state index contributed by atoms with van der Waals surface area (Å²) in [5.41, 5.74) is 0.405. The Bertz CT molecular complexity index is 622. The largest absolute Gasteiger partial charge is 0.495 e. The monoisotopic (exact) mass is 312 g/mol. The van der Waals surface area contributed by atoms with Crippen LogP contribution in [0.2, 0.25) is 0 Å². The molecule has 0 unspecified atom stereocenters. The number of benzene rings is 1. The first kappa shape index (κ1) is 15.8. The number of nitrogens with two attached hydrogens (primary N) is 1. The Kier molecular flexibility index (Phi) is 4.84. The lowest BCUT2D eigenvalue weighted by Crippen LogP contribution is -2.17. The summed E-state index contributed by atoms with van der Waals surface area (Å²) in [6, 6.07) is 4.39. The number of nitrogens with one attached hydrogen (secondary N) is 1. The molecule has 7 heteroatoms. The Morgan fingerprint density at radius 2 is 2.05 bits per heavy atom. The SMILES string of the molecule is COc1ccc(NC(=O)CC2CCCC2)cc1S(N)(=O)=O. The van der Waals surface area contributed by atoms with Gasteiger partial charge in [0.25, 0.3) is 0 Å². The third-order valence-electron chi connectivity index (χ3n) is 3.70.